The van der Waals surface area contributed by atoms with Crippen molar-refractivity contribution >= 4 is 12.2 Å². The molecule has 0 radical (unpaired) electrons. The summed E-state index contributed by atoms with van der Waals surface area (Å²) in [4.78, 5) is 15.4. The Bertz CT molecular complexity index is 349. The summed E-state index contributed by atoms with van der Waals surface area (Å²) in [6, 6.07) is 8.95. The van der Waals surface area contributed by atoms with Crippen LogP contribution in [0.1, 0.15) is 5.56 Å². The van der Waals surface area contributed by atoms with Gasteiger partial charge in [-0.2, -0.15) is 0 Å². The molecule has 0 aliphatic heterocycles. The van der Waals surface area contributed by atoms with E-state index in [0.29, 0.717) is 0 Å². The molecule has 0 saturated heterocycles. The first-order valence-corrected chi connectivity index (χ1v) is 4.93. The molecule has 1 unspecified atom stereocenters. The molecule has 86 valence electrons. The number of hydrogen-bond donors (Lipinski definition) is 0. The van der Waals surface area contributed by atoms with E-state index in [0.717, 1.165) is 5.56 Å². The first kappa shape index (κ1) is 12.4. The van der Waals surface area contributed by atoms with Crippen LogP contribution in [0, 0.1) is 0 Å². The summed E-state index contributed by atoms with van der Waals surface area (Å²) < 4.78 is 9.52. The van der Waals surface area contributed by atoms with Gasteiger partial charge in [-0.05, 0) is 5.56 Å². The zero-order valence-corrected chi connectivity index (χ0v) is 9.42. The lowest BCUT2D eigenvalue weighted by Crippen LogP contribution is -2.25. The normalized spacial score (nSPS) is 12.6. The van der Waals surface area contributed by atoms with Crippen LogP contribution in [0.4, 0.5) is 0 Å². The smallest absolute Gasteiger partial charge is 0.333 e. The van der Waals surface area contributed by atoms with Crippen molar-refractivity contribution in [3.63, 3.8) is 0 Å². The highest BCUT2D eigenvalue weighted by molar-refractivity contribution is 5.84. The summed E-state index contributed by atoms with van der Waals surface area (Å²) in [6.07, 6.45) is 1.64. The molecule has 1 aromatic carbocycles. The molecule has 4 nitrogen and oxygen atoms in total. The second-order valence-electron chi connectivity index (χ2n) is 3.18. The van der Waals surface area contributed by atoms with Gasteiger partial charge in [-0.15, -0.1) is 0 Å². The average molecular weight is 221 g/mol. The highest BCUT2D eigenvalue weighted by Crippen LogP contribution is 1.99. The molecular weight excluding hydrogens is 206 g/mol. The quantitative estimate of drug-likeness (QED) is 0.556. The second-order valence-corrected chi connectivity index (χ2v) is 3.18. The molecule has 0 aliphatic rings. The van der Waals surface area contributed by atoms with Crippen LogP contribution in [-0.4, -0.2) is 39.1 Å². The molecule has 0 N–H and O–H groups in total. The Labute approximate surface area is 94.9 Å². The molecule has 0 aromatic heterocycles. The van der Waals surface area contributed by atoms with Gasteiger partial charge in [-0.3, -0.25) is 4.99 Å². The summed E-state index contributed by atoms with van der Waals surface area (Å²) in [7, 11) is 2.86. The summed E-state index contributed by atoms with van der Waals surface area (Å²) in [5, 5.41) is 0. The topological polar surface area (TPSA) is 47.9 Å². The van der Waals surface area contributed by atoms with Gasteiger partial charge in [0.1, 0.15) is 0 Å². The first-order chi connectivity index (χ1) is 7.77. The van der Waals surface area contributed by atoms with E-state index in [1.807, 2.05) is 30.3 Å². The van der Waals surface area contributed by atoms with Crippen molar-refractivity contribution in [2.24, 2.45) is 4.99 Å². The summed E-state index contributed by atoms with van der Waals surface area (Å²) in [5.41, 5.74) is 0.938. The molecule has 4 heteroatoms. The number of carbonyl (C=O) groups excluding carboxylic acids is 1. The van der Waals surface area contributed by atoms with Crippen molar-refractivity contribution in [2.45, 2.75) is 6.04 Å². The van der Waals surface area contributed by atoms with Crippen molar-refractivity contribution in [3.8, 4) is 0 Å². The van der Waals surface area contributed by atoms with Crippen molar-refractivity contribution in [1.82, 2.24) is 0 Å². The zero-order valence-electron chi connectivity index (χ0n) is 9.42. The van der Waals surface area contributed by atoms with E-state index in [1.165, 1.54) is 14.2 Å². The molecule has 0 aliphatic carbocycles. The van der Waals surface area contributed by atoms with Crippen molar-refractivity contribution in [2.75, 3.05) is 20.8 Å². The Kier molecular flexibility index (Phi) is 5.22. The number of carbonyl (C=O) groups is 1. The van der Waals surface area contributed by atoms with Gasteiger partial charge in [0, 0.05) is 13.3 Å². The minimum Gasteiger partial charge on any atom is -0.467 e. The minimum absolute atomic E-state index is 0.218. The number of esters is 1. The maximum absolute atomic E-state index is 11.3. The van der Waals surface area contributed by atoms with Crippen LogP contribution in [0.15, 0.2) is 35.3 Å². The van der Waals surface area contributed by atoms with E-state index in [9.17, 15) is 4.79 Å². The highest BCUT2D eigenvalue weighted by atomic mass is 16.5. The molecule has 1 rings (SSSR count). The Morgan fingerprint density at radius 1 is 1.38 bits per heavy atom. The Balaban J connectivity index is 2.68. The van der Waals surface area contributed by atoms with Gasteiger partial charge in [0.25, 0.3) is 0 Å². The van der Waals surface area contributed by atoms with Gasteiger partial charge in [0.15, 0.2) is 6.04 Å². The van der Waals surface area contributed by atoms with E-state index in [-0.39, 0.29) is 6.61 Å². The number of benzene rings is 1. The van der Waals surface area contributed by atoms with Crippen LogP contribution in [-0.2, 0) is 14.3 Å². The third kappa shape index (κ3) is 3.82. The van der Waals surface area contributed by atoms with Crippen LogP contribution in [0.5, 0.6) is 0 Å². The van der Waals surface area contributed by atoms with Crippen molar-refractivity contribution in [3.05, 3.63) is 35.9 Å². The van der Waals surface area contributed by atoms with Crippen LogP contribution in [0.25, 0.3) is 0 Å². The summed E-state index contributed by atoms with van der Waals surface area (Å²) in [6.45, 7) is 0.218. The largest absolute Gasteiger partial charge is 0.467 e. The monoisotopic (exact) mass is 221 g/mol. The maximum Gasteiger partial charge on any atom is 0.333 e. The van der Waals surface area contributed by atoms with Crippen LogP contribution in [0.2, 0.25) is 0 Å². The molecule has 1 atom stereocenters. The molecule has 0 spiro atoms. The molecule has 0 heterocycles. The van der Waals surface area contributed by atoms with Gasteiger partial charge < -0.3 is 9.47 Å². The molecule has 1 aromatic rings. The summed E-state index contributed by atoms with van der Waals surface area (Å²) in [5.74, 6) is -0.394. The van der Waals surface area contributed by atoms with Gasteiger partial charge in [-0.25, -0.2) is 4.79 Å². The summed E-state index contributed by atoms with van der Waals surface area (Å²) >= 11 is 0. The van der Waals surface area contributed by atoms with E-state index in [4.69, 9.17) is 4.74 Å². The molecule has 16 heavy (non-hydrogen) atoms. The van der Waals surface area contributed by atoms with Crippen molar-refractivity contribution < 1.29 is 14.3 Å². The van der Waals surface area contributed by atoms with Gasteiger partial charge in [0.05, 0.1) is 13.7 Å². The fourth-order valence-electron chi connectivity index (χ4n) is 1.18. The molecule has 0 saturated carbocycles. The number of rotatable bonds is 5. The zero-order chi connectivity index (χ0) is 11.8. The van der Waals surface area contributed by atoms with Gasteiger partial charge in [0.2, 0.25) is 0 Å². The highest BCUT2D eigenvalue weighted by Gasteiger charge is 2.16. The molecule has 0 amide bonds. The molecule has 0 bridgehead atoms. The van der Waals surface area contributed by atoms with Crippen LogP contribution in [0.3, 0.4) is 0 Å². The average Bonchev–Trinajstić information content (AvgIpc) is 2.34. The number of ether oxygens (including phenoxy) is 2. The lowest BCUT2D eigenvalue weighted by atomic mass is 10.2. The molecular formula is C12H15NO3. The van der Waals surface area contributed by atoms with Gasteiger partial charge >= 0.3 is 5.97 Å². The maximum atomic E-state index is 11.3. The standard InChI is InChI=1S/C12H15NO3/c1-15-9-11(12(14)16-2)13-8-10-6-4-3-5-7-10/h3-8,11H,9H2,1-2H3. The predicted molar refractivity (Wildman–Crippen MR) is 61.7 cm³/mol. The Morgan fingerprint density at radius 3 is 2.62 bits per heavy atom. The first-order valence-electron chi connectivity index (χ1n) is 4.93. The number of nitrogens with zero attached hydrogens (tertiary/aromatic N) is 1. The third-order valence-corrected chi connectivity index (χ3v) is 2.00. The molecule has 0 fully saturated rings. The lowest BCUT2D eigenvalue weighted by molar-refractivity contribution is -0.143. The minimum atomic E-state index is -0.602. The fraction of sp³-hybridized carbons (Fsp3) is 0.333. The predicted octanol–water partition coefficient (Wildman–Crippen LogP) is 1.29. The van der Waals surface area contributed by atoms with E-state index >= 15 is 0 Å². The fourth-order valence-corrected chi connectivity index (χ4v) is 1.18. The van der Waals surface area contributed by atoms with E-state index in [1.54, 1.807) is 6.21 Å². The van der Waals surface area contributed by atoms with Crippen LogP contribution < -0.4 is 0 Å². The van der Waals surface area contributed by atoms with E-state index in [2.05, 4.69) is 9.73 Å². The SMILES string of the molecule is COCC(N=Cc1ccccc1)C(=O)OC. The number of hydrogen-bond acceptors (Lipinski definition) is 4. The second kappa shape index (κ2) is 6.74. The van der Waals surface area contributed by atoms with Crippen LogP contribution >= 0.6 is 0 Å². The van der Waals surface area contributed by atoms with Crippen molar-refractivity contribution in [1.29, 1.82) is 0 Å². The van der Waals surface area contributed by atoms with E-state index < -0.39 is 12.0 Å². The number of methoxy groups -OCH3 is 2. The Morgan fingerprint density at radius 2 is 2.06 bits per heavy atom. The third-order valence-electron chi connectivity index (χ3n) is 2.00. The lowest BCUT2D eigenvalue weighted by Gasteiger charge is -2.08. The van der Waals surface area contributed by atoms with Gasteiger partial charge in [-0.1, -0.05) is 30.3 Å². The number of aliphatic imine (C=N–C) groups is 1. The Hall–Kier alpha value is -1.68.